The number of aliphatic hydroxyl groups is 11. The van der Waals surface area contributed by atoms with Gasteiger partial charge in [0.15, 0.2) is 18.7 Å². The SMILES string of the molecule is CCCCCCCCCCCCCCCCCC(=O)OC[C@H](COP(=O)([O-])OC1[C@H](O[C@H]2O[C@H](CO)[C@@H](O)[C@H](O)[C@@H]2O)[C@H](O)C(O)[C@H](O)[C@H]1O[C@H]1O[C@H](CO)[C@@H](O)[C@H](O)[C@@H]1O)OC(=O)CCCCCCCCCCCCCCCCC.[Na+]. The van der Waals surface area contributed by atoms with Gasteiger partial charge >= 0.3 is 41.5 Å². The molecule has 0 aromatic carbocycles. The minimum Gasteiger partial charge on any atom is -0.756 e. The smallest absolute Gasteiger partial charge is 0.756 e. The van der Waals surface area contributed by atoms with Gasteiger partial charge in [0.1, 0.15) is 92.1 Å². The van der Waals surface area contributed by atoms with Crippen LogP contribution in [0.1, 0.15) is 219 Å². The maximum absolute atomic E-state index is 13.9. The molecule has 23 nitrogen and oxygen atoms in total. The van der Waals surface area contributed by atoms with E-state index in [2.05, 4.69) is 13.8 Å². The summed E-state index contributed by atoms with van der Waals surface area (Å²) >= 11 is 0. The van der Waals surface area contributed by atoms with Crippen molar-refractivity contribution in [2.75, 3.05) is 26.4 Å². The van der Waals surface area contributed by atoms with Crippen molar-refractivity contribution < 1.29 is 142 Å². The fourth-order valence-electron chi connectivity index (χ4n) is 10.5. The van der Waals surface area contributed by atoms with Crippen molar-refractivity contribution in [1.29, 1.82) is 0 Å². The van der Waals surface area contributed by atoms with E-state index in [0.717, 1.165) is 57.8 Å². The zero-order valence-corrected chi connectivity index (χ0v) is 52.4. The van der Waals surface area contributed by atoms with E-state index in [1.807, 2.05) is 0 Å². The molecule has 2 heterocycles. The van der Waals surface area contributed by atoms with Crippen molar-refractivity contribution in [3.63, 3.8) is 0 Å². The van der Waals surface area contributed by atoms with Gasteiger partial charge in [0.25, 0.3) is 7.82 Å². The number of rotatable bonds is 46. The average Bonchev–Trinajstić information content (AvgIpc) is 3.56. The fourth-order valence-corrected chi connectivity index (χ4v) is 11.5. The van der Waals surface area contributed by atoms with Gasteiger partial charge in [-0.3, -0.25) is 14.2 Å². The molecule has 3 unspecified atom stereocenters. The van der Waals surface area contributed by atoms with Crippen molar-refractivity contribution >= 4 is 19.8 Å². The molecule has 0 aromatic heterocycles. The monoisotopic (exact) mass is 1210 g/mol. The first-order chi connectivity index (χ1) is 38.9. The zero-order valence-electron chi connectivity index (χ0n) is 49.5. The summed E-state index contributed by atoms with van der Waals surface area (Å²) in [6, 6.07) is 0. The van der Waals surface area contributed by atoms with Crippen molar-refractivity contribution in [1.82, 2.24) is 0 Å². The van der Waals surface area contributed by atoms with Crippen LogP contribution in [0.25, 0.3) is 0 Å². The number of aliphatic hydroxyl groups excluding tert-OH is 11. The predicted molar refractivity (Wildman–Crippen MR) is 294 cm³/mol. The molecule has 0 bridgehead atoms. The van der Waals surface area contributed by atoms with Gasteiger partial charge in [-0.15, -0.1) is 0 Å². The second-order valence-corrected chi connectivity index (χ2v) is 23.9. The minimum atomic E-state index is -5.88. The number of phosphoric ester groups is 1. The number of hydrogen-bond acceptors (Lipinski definition) is 23. The third-order valence-corrected chi connectivity index (χ3v) is 16.6. The van der Waals surface area contributed by atoms with Gasteiger partial charge in [0.2, 0.25) is 0 Å². The molecule has 18 atom stereocenters. The average molecular weight is 1210 g/mol. The Morgan fingerprint density at radius 2 is 0.756 bits per heavy atom. The second kappa shape index (κ2) is 44.8. The maximum Gasteiger partial charge on any atom is 1.00 e. The summed E-state index contributed by atoms with van der Waals surface area (Å²) in [5.74, 6) is -1.35. The van der Waals surface area contributed by atoms with Gasteiger partial charge < -0.3 is 98.5 Å². The maximum atomic E-state index is 13.9. The van der Waals surface area contributed by atoms with Crippen LogP contribution in [-0.2, 0) is 51.6 Å². The van der Waals surface area contributed by atoms with Crippen molar-refractivity contribution in [2.45, 2.75) is 323 Å². The largest absolute Gasteiger partial charge is 1.00 e. The quantitative estimate of drug-likeness (QED) is 0.0177. The Bertz CT molecular complexity index is 1620. The molecule has 0 aromatic rings. The Morgan fingerprint density at radius 1 is 0.439 bits per heavy atom. The van der Waals surface area contributed by atoms with E-state index in [9.17, 15) is 75.2 Å². The first-order valence-electron chi connectivity index (χ1n) is 30.9. The summed E-state index contributed by atoms with van der Waals surface area (Å²) < 4.78 is 57.7. The molecule has 82 heavy (non-hydrogen) atoms. The molecular formula is C57H106NaO23P. The fraction of sp³-hybridized carbons (Fsp3) is 0.965. The minimum absolute atomic E-state index is 0. The summed E-state index contributed by atoms with van der Waals surface area (Å²) in [4.78, 5) is 40.1. The van der Waals surface area contributed by atoms with Crippen molar-refractivity contribution in [2.24, 2.45) is 0 Å². The van der Waals surface area contributed by atoms with Gasteiger partial charge in [-0.25, -0.2) is 0 Å². The molecule has 1 saturated carbocycles. The van der Waals surface area contributed by atoms with E-state index in [1.165, 1.54) is 122 Å². The molecule has 478 valence electrons. The van der Waals surface area contributed by atoms with Crippen LogP contribution in [0.3, 0.4) is 0 Å². The molecule has 25 heteroatoms. The summed E-state index contributed by atoms with van der Waals surface area (Å²) in [7, 11) is -5.88. The van der Waals surface area contributed by atoms with Crippen LogP contribution in [0.4, 0.5) is 0 Å². The van der Waals surface area contributed by atoms with Crippen molar-refractivity contribution in [3.8, 4) is 0 Å². The van der Waals surface area contributed by atoms with Crippen LogP contribution in [0.2, 0.25) is 0 Å². The third kappa shape index (κ3) is 29.2. The Hall–Kier alpha value is -0.550. The predicted octanol–water partition coefficient (Wildman–Crippen LogP) is 1.31. The van der Waals surface area contributed by atoms with E-state index < -0.39 is 150 Å². The number of carbonyl (C=O) groups is 2. The van der Waals surface area contributed by atoms with Crippen LogP contribution in [0.5, 0.6) is 0 Å². The Kier molecular flexibility index (Phi) is 42.4. The van der Waals surface area contributed by atoms with E-state index >= 15 is 0 Å². The normalized spacial score (nSPS) is 30.6. The zero-order chi connectivity index (χ0) is 59.6. The van der Waals surface area contributed by atoms with Crippen LogP contribution >= 0.6 is 7.82 Å². The number of unbranched alkanes of at least 4 members (excludes halogenated alkanes) is 28. The van der Waals surface area contributed by atoms with Crippen molar-refractivity contribution in [3.05, 3.63) is 0 Å². The first kappa shape index (κ1) is 77.5. The van der Waals surface area contributed by atoms with Gasteiger partial charge in [0.05, 0.1) is 19.8 Å². The Morgan fingerprint density at radius 3 is 1.10 bits per heavy atom. The molecule has 3 rings (SSSR count). The third-order valence-electron chi connectivity index (χ3n) is 15.7. The molecule has 0 spiro atoms. The Balaban J connectivity index is 0.0000230. The molecule has 3 fully saturated rings. The van der Waals surface area contributed by atoms with Crippen LogP contribution < -0.4 is 34.5 Å². The van der Waals surface area contributed by atoms with E-state index in [0.29, 0.717) is 12.8 Å². The molecule has 1 aliphatic carbocycles. The number of ether oxygens (including phenoxy) is 6. The number of phosphoric acid groups is 1. The summed E-state index contributed by atoms with van der Waals surface area (Å²) in [6.45, 7) is 0.930. The molecule has 11 N–H and O–H groups in total. The standard InChI is InChI=1S/C57H107O23P.Na/c1-3-5-7-9-11-13-15-17-19-21-23-25-27-29-31-33-42(60)73-37-39(75-43(61)34-32-30-28-26-24-22-20-18-16-14-12-10-8-6-4-2)38-74-81(71,72)80-55-53(78-56-51(69)46(64)44(62)40(35-58)76-56)49(67)48(66)50(68)54(55)79-57-52(70)47(65)45(63)41(36-59)77-57;/h39-41,44-59,62-70H,3-38H2,1-2H3,(H,71,72);/q;+1/p-1/t39-,40-,41-,44-,45-,46+,47+,48?,49-,50+,51+,52+,53-,54-,55?,56-,57-;/m1./s1. The molecular weight excluding hydrogens is 1110 g/mol. The van der Waals surface area contributed by atoms with Gasteiger partial charge in [-0.1, -0.05) is 194 Å². The van der Waals surface area contributed by atoms with Gasteiger partial charge in [-0.2, -0.15) is 0 Å². The molecule has 2 aliphatic heterocycles. The summed E-state index contributed by atoms with van der Waals surface area (Å²) in [5.41, 5.74) is 0. The number of esters is 2. The summed E-state index contributed by atoms with van der Waals surface area (Å²) in [5, 5.41) is 117. The molecule has 0 radical (unpaired) electrons. The summed E-state index contributed by atoms with van der Waals surface area (Å²) in [6.07, 6.45) is -1.29. The number of hydrogen-bond donors (Lipinski definition) is 11. The van der Waals surface area contributed by atoms with Crippen LogP contribution in [0.15, 0.2) is 0 Å². The molecule has 0 amide bonds. The molecule has 2 saturated heterocycles. The Labute approximate surface area is 509 Å². The van der Waals surface area contributed by atoms with Gasteiger partial charge in [-0.05, 0) is 12.8 Å². The second-order valence-electron chi connectivity index (χ2n) is 22.6. The van der Waals surface area contributed by atoms with E-state index in [4.69, 9.17) is 37.5 Å². The van der Waals surface area contributed by atoms with E-state index in [1.54, 1.807) is 0 Å². The molecule has 3 aliphatic rings. The van der Waals surface area contributed by atoms with E-state index in [-0.39, 0.29) is 42.4 Å². The topological polar surface area (TPSA) is 371 Å². The van der Waals surface area contributed by atoms with Gasteiger partial charge in [0, 0.05) is 12.8 Å². The van der Waals surface area contributed by atoms with Crippen LogP contribution in [-0.4, -0.2) is 199 Å². The van der Waals surface area contributed by atoms with Crippen LogP contribution in [0, 0.1) is 0 Å². The number of carbonyl (C=O) groups excluding carboxylic acids is 2. The first-order valence-corrected chi connectivity index (χ1v) is 32.3.